The molecule has 0 saturated heterocycles. The average Bonchev–Trinajstić information content (AvgIpc) is 2.61. The zero-order valence-electron chi connectivity index (χ0n) is 13.1. The molecular weight excluding hydrogens is 400 g/mol. The highest BCUT2D eigenvalue weighted by molar-refractivity contribution is 8.07. The molecule has 0 atom stereocenters. The van der Waals surface area contributed by atoms with Crippen molar-refractivity contribution in [2.24, 2.45) is 0 Å². The number of carboxylic acid groups (broad SMARTS) is 4. The zero-order valence-corrected chi connectivity index (χ0v) is 14.7. The van der Waals surface area contributed by atoms with E-state index in [2.05, 4.69) is 0 Å². The van der Waals surface area contributed by atoms with Gasteiger partial charge in [0.1, 0.15) is 0 Å². The normalized spacial score (nSPS) is 10.4. The van der Waals surface area contributed by atoms with Gasteiger partial charge in [-0.15, -0.1) is 0 Å². The molecule has 0 aromatic heterocycles. The van der Waals surface area contributed by atoms with Crippen LogP contribution in [0, 0.1) is 0 Å². The fourth-order valence-corrected chi connectivity index (χ4v) is 3.32. The van der Waals surface area contributed by atoms with Crippen LogP contribution < -0.4 is 0 Å². The summed E-state index contributed by atoms with van der Waals surface area (Å²) in [5.74, 6) is -5.56. The Morgan fingerprint density at radius 2 is 0.926 bits per heavy atom. The highest BCUT2D eigenvalue weighted by Crippen LogP contribution is 2.32. The van der Waals surface area contributed by atoms with Gasteiger partial charge in [0, 0.05) is 33.9 Å². The minimum Gasteiger partial charge on any atom is -0.478 e. The van der Waals surface area contributed by atoms with E-state index >= 15 is 0 Å². The molecule has 0 aliphatic heterocycles. The number of carboxylic acids is 4. The Morgan fingerprint density at radius 3 is 1.22 bits per heavy atom. The summed E-state index contributed by atoms with van der Waals surface area (Å²) in [6, 6.07) is 7.24. The van der Waals surface area contributed by atoms with E-state index in [9.17, 15) is 19.2 Å². The predicted molar refractivity (Wildman–Crippen MR) is 93.5 cm³/mol. The second-order valence-electron chi connectivity index (χ2n) is 4.87. The lowest BCUT2D eigenvalue weighted by molar-refractivity contribution is 0.0651. The second kappa shape index (κ2) is 8.58. The summed E-state index contributed by atoms with van der Waals surface area (Å²) in [7, 11) is 0. The SMILES string of the molecule is O=C(O)c1ccc(SOSc2ccc(C(=O)O)c(C(=O)O)c2)cc1C(=O)O. The van der Waals surface area contributed by atoms with E-state index in [1.54, 1.807) is 0 Å². The number of rotatable bonds is 8. The first-order valence-corrected chi connectivity index (χ1v) is 8.41. The van der Waals surface area contributed by atoms with E-state index in [-0.39, 0.29) is 11.1 Å². The lowest BCUT2D eigenvalue weighted by Gasteiger charge is -2.07. The lowest BCUT2D eigenvalue weighted by Crippen LogP contribution is -2.08. The van der Waals surface area contributed by atoms with Gasteiger partial charge in [-0.3, -0.25) is 0 Å². The maximum Gasteiger partial charge on any atom is 0.336 e. The van der Waals surface area contributed by atoms with Crippen LogP contribution in [0.2, 0.25) is 0 Å². The van der Waals surface area contributed by atoms with Crippen molar-refractivity contribution in [1.29, 1.82) is 0 Å². The molecule has 0 heterocycles. The molecule has 11 heteroatoms. The van der Waals surface area contributed by atoms with Crippen molar-refractivity contribution < 1.29 is 43.2 Å². The Balaban J connectivity index is 2.13. The smallest absolute Gasteiger partial charge is 0.336 e. The summed E-state index contributed by atoms with van der Waals surface area (Å²) in [6.45, 7) is 0. The molecule has 0 aliphatic rings. The van der Waals surface area contributed by atoms with Crippen LogP contribution in [0.3, 0.4) is 0 Å². The van der Waals surface area contributed by atoms with Crippen LogP contribution in [0.1, 0.15) is 41.4 Å². The van der Waals surface area contributed by atoms with E-state index in [0.29, 0.717) is 9.79 Å². The quantitative estimate of drug-likeness (QED) is 0.473. The molecule has 0 aliphatic carbocycles. The van der Waals surface area contributed by atoms with Crippen molar-refractivity contribution in [3.8, 4) is 0 Å². The van der Waals surface area contributed by atoms with Gasteiger partial charge < -0.3 is 20.4 Å². The van der Waals surface area contributed by atoms with Crippen molar-refractivity contribution in [2.75, 3.05) is 0 Å². The van der Waals surface area contributed by atoms with Gasteiger partial charge in [-0.25, -0.2) is 22.8 Å². The van der Waals surface area contributed by atoms with Crippen LogP contribution >= 0.6 is 24.1 Å². The summed E-state index contributed by atoms with van der Waals surface area (Å²) in [4.78, 5) is 44.9. The second-order valence-corrected chi connectivity index (χ2v) is 6.69. The first kappa shape index (κ1) is 20.3. The molecule has 2 aromatic rings. The summed E-state index contributed by atoms with van der Waals surface area (Å²) in [5.41, 5.74) is -1.54. The summed E-state index contributed by atoms with van der Waals surface area (Å²) >= 11 is 1.47. The van der Waals surface area contributed by atoms with Crippen LogP contribution in [0.5, 0.6) is 0 Å². The van der Waals surface area contributed by atoms with Gasteiger partial charge in [0.25, 0.3) is 0 Å². The lowest BCUT2D eigenvalue weighted by atomic mass is 10.1. The monoisotopic (exact) mass is 410 g/mol. The average molecular weight is 410 g/mol. The summed E-state index contributed by atoms with van der Waals surface area (Å²) in [5, 5.41) is 36.1. The molecule has 9 nitrogen and oxygen atoms in total. The highest BCUT2D eigenvalue weighted by atomic mass is 32.2. The van der Waals surface area contributed by atoms with Gasteiger partial charge in [-0.1, -0.05) is 0 Å². The van der Waals surface area contributed by atoms with Crippen LogP contribution in [-0.4, -0.2) is 44.3 Å². The van der Waals surface area contributed by atoms with Gasteiger partial charge in [-0.2, -0.15) is 0 Å². The molecule has 2 rings (SSSR count). The molecule has 140 valence electrons. The fraction of sp³-hybridized carbons (Fsp3) is 0. The van der Waals surface area contributed by atoms with Crippen molar-refractivity contribution in [3.05, 3.63) is 58.7 Å². The van der Waals surface area contributed by atoms with Gasteiger partial charge in [0.05, 0.1) is 22.3 Å². The molecule has 0 fully saturated rings. The van der Waals surface area contributed by atoms with Crippen molar-refractivity contribution in [1.82, 2.24) is 0 Å². The number of hydrogen-bond acceptors (Lipinski definition) is 7. The van der Waals surface area contributed by atoms with Crippen LogP contribution in [0.4, 0.5) is 0 Å². The molecule has 27 heavy (non-hydrogen) atoms. The molecule has 0 radical (unpaired) electrons. The zero-order chi connectivity index (χ0) is 20.1. The van der Waals surface area contributed by atoms with Crippen molar-refractivity contribution in [2.45, 2.75) is 9.79 Å². The largest absolute Gasteiger partial charge is 0.478 e. The van der Waals surface area contributed by atoms with Gasteiger partial charge >= 0.3 is 23.9 Å². The third-order valence-corrected chi connectivity index (χ3v) is 4.60. The molecule has 4 N–H and O–H groups in total. The first-order chi connectivity index (χ1) is 12.7. The molecule has 0 bridgehead atoms. The summed E-state index contributed by atoms with van der Waals surface area (Å²) < 4.78 is 5.23. The first-order valence-electron chi connectivity index (χ1n) is 6.93. The maximum atomic E-state index is 11.1. The van der Waals surface area contributed by atoms with E-state index in [0.717, 1.165) is 48.4 Å². The number of benzene rings is 2. The maximum absolute atomic E-state index is 11.1. The number of carbonyl (C=O) groups is 4. The van der Waals surface area contributed by atoms with Crippen LogP contribution in [0.15, 0.2) is 46.2 Å². The molecule has 0 unspecified atom stereocenters. The third kappa shape index (κ3) is 5.00. The van der Waals surface area contributed by atoms with E-state index < -0.39 is 35.0 Å². The molecule has 2 aromatic carbocycles. The molecular formula is C16H10O9S2. The van der Waals surface area contributed by atoms with Crippen LogP contribution in [-0.2, 0) is 3.63 Å². The van der Waals surface area contributed by atoms with Gasteiger partial charge in [-0.05, 0) is 36.4 Å². The Hall–Kier alpha value is -3.02. The van der Waals surface area contributed by atoms with E-state index in [4.69, 9.17) is 24.1 Å². The highest BCUT2D eigenvalue weighted by Gasteiger charge is 2.18. The van der Waals surface area contributed by atoms with Crippen molar-refractivity contribution >= 4 is 48.0 Å². The predicted octanol–water partition coefficient (Wildman–Crippen LogP) is 3.21. The molecule has 0 amide bonds. The minimum atomic E-state index is -1.40. The Kier molecular flexibility index (Phi) is 6.45. The third-order valence-electron chi connectivity index (χ3n) is 3.16. The molecule has 0 spiro atoms. The minimum absolute atomic E-state index is 0.311. The van der Waals surface area contributed by atoms with Gasteiger partial charge in [0.2, 0.25) is 0 Å². The Bertz CT molecular complexity index is 864. The number of aromatic carboxylic acids is 4. The topological polar surface area (TPSA) is 158 Å². The Morgan fingerprint density at radius 1 is 0.593 bits per heavy atom. The summed E-state index contributed by atoms with van der Waals surface area (Å²) in [6.07, 6.45) is 0. The van der Waals surface area contributed by atoms with Crippen LogP contribution in [0.25, 0.3) is 0 Å². The fourth-order valence-electron chi connectivity index (χ4n) is 1.97. The van der Waals surface area contributed by atoms with E-state index in [1.807, 2.05) is 0 Å². The Labute approximate surface area is 160 Å². The molecule has 0 saturated carbocycles. The van der Waals surface area contributed by atoms with E-state index in [1.165, 1.54) is 12.1 Å². The van der Waals surface area contributed by atoms with Gasteiger partial charge in [0.15, 0.2) is 0 Å². The number of hydrogen-bond donors (Lipinski definition) is 4. The van der Waals surface area contributed by atoms with Crippen molar-refractivity contribution in [3.63, 3.8) is 0 Å². The standard InChI is InChI=1S/C16H10O9S2/c17-13(18)9-3-1-7(5-11(9)15(21)22)26-25-27-8-2-4-10(14(19)20)12(6-8)16(23)24/h1-6H,(H,17,18)(H,19,20)(H,21,22)(H,23,24).